The summed E-state index contributed by atoms with van der Waals surface area (Å²) in [4.78, 5) is 24.8. The second-order valence-corrected chi connectivity index (χ2v) is 9.74. The summed E-state index contributed by atoms with van der Waals surface area (Å²) in [7, 11) is 1.85. The van der Waals surface area contributed by atoms with E-state index in [1.807, 2.05) is 19.2 Å². The van der Waals surface area contributed by atoms with Gasteiger partial charge in [0, 0.05) is 54.7 Å². The van der Waals surface area contributed by atoms with Crippen molar-refractivity contribution in [3.63, 3.8) is 0 Å². The minimum atomic E-state index is 0.0970. The van der Waals surface area contributed by atoms with Crippen molar-refractivity contribution < 1.29 is 0 Å². The van der Waals surface area contributed by atoms with E-state index in [1.165, 1.54) is 10.4 Å². The van der Waals surface area contributed by atoms with Crippen LogP contribution in [0.25, 0.3) is 10.2 Å². The molecule has 0 N–H and O–H groups in total. The summed E-state index contributed by atoms with van der Waals surface area (Å²) in [5.41, 5.74) is 2.43. The average molecular weight is 449 g/mol. The Morgan fingerprint density at radius 1 is 1.14 bits per heavy atom. The van der Waals surface area contributed by atoms with Crippen LogP contribution in [0.4, 0.5) is 5.95 Å². The molecule has 1 aliphatic heterocycles. The lowest BCUT2D eigenvalue weighted by Crippen LogP contribution is -2.47. The molecule has 5 nitrogen and oxygen atoms in total. The van der Waals surface area contributed by atoms with Gasteiger partial charge in [-0.3, -0.25) is 14.3 Å². The lowest BCUT2D eigenvalue weighted by molar-refractivity contribution is 0.248. The number of hydrogen-bond acceptors (Lipinski definition) is 5. The van der Waals surface area contributed by atoms with Crippen molar-refractivity contribution in [3.05, 3.63) is 54.6 Å². The average Bonchev–Trinajstić information content (AvgIpc) is 3.28. The first kappa shape index (κ1) is 19.4. The molecule has 3 aromatic rings. The third-order valence-electron chi connectivity index (χ3n) is 5.99. The first-order chi connectivity index (χ1) is 14.0. The molecule has 2 aliphatic rings. The summed E-state index contributed by atoms with van der Waals surface area (Å²) in [6.45, 7) is 4.26. The molecule has 1 fully saturated rings. The number of fused-ring (bicyclic) bond motifs is 3. The molecule has 1 aromatic carbocycles. The minimum Gasteiger partial charge on any atom is -0.340 e. The van der Waals surface area contributed by atoms with Crippen LogP contribution < -0.4 is 10.5 Å². The van der Waals surface area contributed by atoms with E-state index in [1.54, 1.807) is 22.0 Å². The Morgan fingerprint density at radius 3 is 2.69 bits per heavy atom. The Hall–Kier alpha value is -1.60. The zero-order valence-corrected chi connectivity index (χ0v) is 18.6. The fourth-order valence-corrected chi connectivity index (χ4v) is 6.11. The van der Waals surface area contributed by atoms with Crippen molar-refractivity contribution in [1.29, 1.82) is 0 Å². The zero-order valence-electron chi connectivity index (χ0n) is 16.3. The molecular formula is C21H22Cl2N4OS. The fourth-order valence-electron chi connectivity index (χ4n) is 4.39. The second-order valence-electron chi connectivity index (χ2n) is 7.81. The number of nitrogens with zero attached hydrogens (tertiary/aromatic N) is 4. The third-order valence-corrected chi connectivity index (χ3v) is 7.76. The topological polar surface area (TPSA) is 41.4 Å². The van der Waals surface area contributed by atoms with Crippen LogP contribution in [0.1, 0.15) is 22.4 Å². The fraction of sp³-hybridized carbons (Fsp3) is 0.429. The molecule has 1 saturated heterocycles. The van der Waals surface area contributed by atoms with Crippen LogP contribution in [0.2, 0.25) is 10.0 Å². The summed E-state index contributed by atoms with van der Waals surface area (Å²) in [5, 5.41) is 2.22. The van der Waals surface area contributed by atoms with Gasteiger partial charge in [0.25, 0.3) is 5.56 Å². The molecular weight excluding hydrogens is 427 g/mol. The number of piperazine rings is 1. The van der Waals surface area contributed by atoms with E-state index in [0.29, 0.717) is 10.0 Å². The number of halogens is 2. The monoisotopic (exact) mass is 448 g/mol. The van der Waals surface area contributed by atoms with E-state index in [4.69, 9.17) is 28.2 Å². The van der Waals surface area contributed by atoms with Crippen LogP contribution in [0.5, 0.6) is 0 Å². The van der Waals surface area contributed by atoms with Gasteiger partial charge in [-0.05, 0) is 42.5 Å². The Morgan fingerprint density at radius 2 is 1.93 bits per heavy atom. The molecule has 0 bridgehead atoms. The number of benzene rings is 1. The quantitative estimate of drug-likeness (QED) is 0.604. The summed E-state index contributed by atoms with van der Waals surface area (Å²) >= 11 is 14.0. The van der Waals surface area contributed by atoms with Gasteiger partial charge in [-0.15, -0.1) is 11.3 Å². The maximum atomic E-state index is 13.1. The number of aromatic nitrogens is 2. The Balaban J connectivity index is 1.35. The molecule has 3 heterocycles. The molecule has 0 atom stereocenters. The summed E-state index contributed by atoms with van der Waals surface area (Å²) < 4.78 is 1.74. The Bertz CT molecular complexity index is 1150. The first-order valence-electron chi connectivity index (χ1n) is 9.94. The van der Waals surface area contributed by atoms with E-state index in [-0.39, 0.29) is 5.56 Å². The summed E-state index contributed by atoms with van der Waals surface area (Å²) in [6, 6.07) is 5.67. The molecule has 5 rings (SSSR count). The van der Waals surface area contributed by atoms with E-state index in [2.05, 4.69) is 9.80 Å². The summed E-state index contributed by atoms with van der Waals surface area (Å²) in [5.74, 6) is 0.784. The largest absolute Gasteiger partial charge is 0.340 e. The molecule has 0 saturated carbocycles. The van der Waals surface area contributed by atoms with Crippen LogP contribution >= 0.6 is 34.5 Å². The smallest absolute Gasteiger partial charge is 0.263 e. The van der Waals surface area contributed by atoms with Gasteiger partial charge in [0.05, 0.1) is 5.39 Å². The molecule has 29 heavy (non-hydrogen) atoms. The number of rotatable bonds is 3. The highest BCUT2D eigenvalue weighted by atomic mass is 35.5. The van der Waals surface area contributed by atoms with Gasteiger partial charge in [0.2, 0.25) is 5.95 Å². The lowest BCUT2D eigenvalue weighted by Gasteiger charge is -2.36. The van der Waals surface area contributed by atoms with Crippen molar-refractivity contribution in [3.8, 4) is 0 Å². The molecule has 0 spiro atoms. The normalized spacial score (nSPS) is 17.3. The number of aryl methyl sites for hydroxylation is 2. The molecule has 152 valence electrons. The zero-order chi connectivity index (χ0) is 20.1. The van der Waals surface area contributed by atoms with Crippen molar-refractivity contribution >= 4 is 50.7 Å². The van der Waals surface area contributed by atoms with Gasteiger partial charge in [0.15, 0.2) is 0 Å². The standard InChI is InChI=1S/C21H22Cl2N4OS/c1-25-20(28)18-15-3-2-4-17(15)29-19(18)24-21(25)27-9-7-26(8-10-27)12-13-5-6-14(22)11-16(13)23/h5-6,11H,2-4,7-10,12H2,1H3. The third kappa shape index (κ3) is 3.46. The SMILES string of the molecule is Cn1c(N2CCN(Cc3ccc(Cl)cc3Cl)CC2)nc2sc3c(c2c1=O)CCC3. The molecule has 8 heteroatoms. The van der Waals surface area contributed by atoms with Crippen molar-refractivity contribution in [2.45, 2.75) is 25.8 Å². The van der Waals surface area contributed by atoms with Gasteiger partial charge >= 0.3 is 0 Å². The predicted molar refractivity (Wildman–Crippen MR) is 121 cm³/mol. The summed E-state index contributed by atoms with van der Waals surface area (Å²) in [6.07, 6.45) is 3.25. The van der Waals surface area contributed by atoms with Crippen molar-refractivity contribution in [2.24, 2.45) is 7.05 Å². The molecule has 1 aliphatic carbocycles. The van der Waals surface area contributed by atoms with Gasteiger partial charge in [-0.2, -0.15) is 0 Å². The van der Waals surface area contributed by atoms with E-state index >= 15 is 0 Å². The Kier molecular flexibility index (Phi) is 5.06. The van der Waals surface area contributed by atoms with Crippen molar-refractivity contribution in [1.82, 2.24) is 14.5 Å². The molecule has 0 amide bonds. The second kappa shape index (κ2) is 7.58. The van der Waals surface area contributed by atoms with Crippen LogP contribution in [-0.2, 0) is 26.4 Å². The molecule has 0 unspecified atom stereocenters. The highest BCUT2D eigenvalue weighted by Gasteiger charge is 2.25. The van der Waals surface area contributed by atoms with Gasteiger partial charge < -0.3 is 4.90 Å². The number of anilines is 1. The highest BCUT2D eigenvalue weighted by Crippen LogP contribution is 2.35. The minimum absolute atomic E-state index is 0.0970. The number of hydrogen-bond donors (Lipinski definition) is 0. The molecule has 2 aromatic heterocycles. The Labute approximate surface area is 183 Å². The van der Waals surface area contributed by atoms with Crippen LogP contribution in [-0.4, -0.2) is 40.6 Å². The van der Waals surface area contributed by atoms with Crippen molar-refractivity contribution in [2.75, 3.05) is 31.1 Å². The van der Waals surface area contributed by atoms with Gasteiger partial charge in [-0.25, -0.2) is 4.98 Å². The number of thiophene rings is 1. The van der Waals surface area contributed by atoms with E-state index < -0.39 is 0 Å². The van der Waals surface area contributed by atoms with Crippen LogP contribution in [0, 0.1) is 0 Å². The predicted octanol–water partition coefficient (Wildman–Crippen LogP) is 4.11. The van der Waals surface area contributed by atoms with E-state index in [9.17, 15) is 4.79 Å². The van der Waals surface area contributed by atoms with Gasteiger partial charge in [-0.1, -0.05) is 29.3 Å². The van der Waals surface area contributed by atoms with Crippen LogP contribution in [0.3, 0.4) is 0 Å². The lowest BCUT2D eigenvalue weighted by atomic mass is 10.2. The van der Waals surface area contributed by atoms with E-state index in [0.717, 1.165) is 73.7 Å². The maximum absolute atomic E-state index is 13.1. The first-order valence-corrected chi connectivity index (χ1v) is 11.5. The highest BCUT2D eigenvalue weighted by molar-refractivity contribution is 7.18. The molecule has 0 radical (unpaired) electrons. The van der Waals surface area contributed by atoms with Gasteiger partial charge in [0.1, 0.15) is 4.83 Å². The van der Waals surface area contributed by atoms with Crippen LogP contribution in [0.15, 0.2) is 23.0 Å². The maximum Gasteiger partial charge on any atom is 0.263 e.